The Hall–Kier alpha value is -2.10. The molecule has 0 saturated heterocycles. The average molecular weight is 216 g/mol. The van der Waals surface area contributed by atoms with E-state index in [1.165, 1.54) is 10.7 Å². The second kappa shape index (κ2) is 4.18. The van der Waals surface area contributed by atoms with Crippen LogP contribution >= 0.6 is 0 Å². The van der Waals surface area contributed by atoms with Crippen molar-refractivity contribution in [3.8, 4) is 0 Å². The fourth-order valence-corrected chi connectivity index (χ4v) is 1.48. The van der Waals surface area contributed by atoms with Gasteiger partial charge in [-0.1, -0.05) is 30.3 Å². The highest BCUT2D eigenvalue weighted by atomic mass is 16.1. The lowest BCUT2D eigenvalue weighted by Gasteiger charge is -2.05. The van der Waals surface area contributed by atoms with Gasteiger partial charge in [-0.2, -0.15) is 0 Å². The van der Waals surface area contributed by atoms with E-state index in [1.54, 1.807) is 6.92 Å². The summed E-state index contributed by atoms with van der Waals surface area (Å²) in [5, 5.41) is 2.54. The molecular weight excluding hydrogens is 204 g/mol. The first kappa shape index (κ1) is 10.4. The number of hydrogen-bond acceptors (Lipinski definition) is 2. The Morgan fingerprint density at radius 3 is 2.56 bits per heavy atom. The van der Waals surface area contributed by atoms with Crippen LogP contribution in [0.1, 0.15) is 11.1 Å². The first-order valence-electron chi connectivity index (χ1n) is 5.01. The van der Waals surface area contributed by atoms with Crippen LogP contribution in [0.25, 0.3) is 0 Å². The molecule has 16 heavy (non-hydrogen) atoms. The smallest absolute Gasteiger partial charge is 0.265 e. The van der Waals surface area contributed by atoms with Crippen LogP contribution in [-0.4, -0.2) is 9.78 Å². The Balaban J connectivity index is 2.40. The topological polar surface area (TPSA) is 54.9 Å². The van der Waals surface area contributed by atoms with Crippen LogP contribution in [0.5, 0.6) is 0 Å². The zero-order valence-corrected chi connectivity index (χ0v) is 8.93. The average Bonchev–Trinajstić information content (AvgIpc) is 2.27. The van der Waals surface area contributed by atoms with Gasteiger partial charge in [-0.3, -0.25) is 14.7 Å². The van der Waals surface area contributed by atoms with Gasteiger partial charge < -0.3 is 0 Å². The number of nitrogens with one attached hydrogen (secondary N) is 1. The molecule has 1 heterocycles. The van der Waals surface area contributed by atoms with Crippen molar-refractivity contribution in [3.05, 3.63) is 68.2 Å². The fourth-order valence-electron chi connectivity index (χ4n) is 1.48. The van der Waals surface area contributed by atoms with E-state index in [1.807, 2.05) is 30.3 Å². The van der Waals surface area contributed by atoms with Crippen LogP contribution in [0.2, 0.25) is 0 Å². The molecule has 82 valence electrons. The van der Waals surface area contributed by atoms with Crippen molar-refractivity contribution in [1.29, 1.82) is 0 Å². The largest absolute Gasteiger partial charge is 0.268 e. The van der Waals surface area contributed by atoms with Crippen molar-refractivity contribution in [2.24, 2.45) is 0 Å². The second-order valence-corrected chi connectivity index (χ2v) is 3.68. The summed E-state index contributed by atoms with van der Waals surface area (Å²) in [5.74, 6) is 0. The van der Waals surface area contributed by atoms with Crippen LogP contribution in [0.4, 0.5) is 0 Å². The third kappa shape index (κ3) is 2.11. The molecule has 0 aliphatic carbocycles. The van der Waals surface area contributed by atoms with Crippen molar-refractivity contribution in [1.82, 2.24) is 9.78 Å². The van der Waals surface area contributed by atoms with Gasteiger partial charge >= 0.3 is 0 Å². The standard InChI is InChI=1S/C12H12N2O2/c1-9-7-11(15)14(13-12(9)16)8-10-5-3-2-4-6-10/h2-7H,8H2,1H3,(H,13,16). The SMILES string of the molecule is Cc1cc(=O)n(Cc2ccccc2)[nH]c1=O. The van der Waals surface area contributed by atoms with Crippen LogP contribution in [0.15, 0.2) is 46.0 Å². The van der Waals surface area contributed by atoms with E-state index in [0.29, 0.717) is 12.1 Å². The normalized spacial score (nSPS) is 10.3. The molecular formula is C12H12N2O2. The van der Waals surface area contributed by atoms with Crippen LogP contribution < -0.4 is 11.1 Å². The molecule has 2 aromatic rings. The molecule has 0 unspecified atom stereocenters. The van der Waals surface area contributed by atoms with Crippen molar-refractivity contribution in [2.45, 2.75) is 13.5 Å². The minimum Gasteiger partial charge on any atom is -0.268 e. The molecule has 4 nitrogen and oxygen atoms in total. The predicted octanol–water partition coefficient (Wildman–Crippen LogP) is 0.893. The Morgan fingerprint density at radius 2 is 1.88 bits per heavy atom. The summed E-state index contributed by atoms with van der Waals surface area (Å²) in [6.07, 6.45) is 0. The number of aromatic amines is 1. The lowest BCUT2D eigenvalue weighted by molar-refractivity contribution is 0.624. The minimum absolute atomic E-state index is 0.194. The first-order valence-corrected chi connectivity index (χ1v) is 5.01. The van der Waals surface area contributed by atoms with Crippen molar-refractivity contribution in [3.63, 3.8) is 0 Å². The van der Waals surface area contributed by atoms with Crippen LogP contribution in [-0.2, 0) is 6.54 Å². The number of aromatic nitrogens is 2. The fraction of sp³-hybridized carbons (Fsp3) is 0.167. The Bertz CT molecular complexity index is 596. The van der Waals surface area contributed by atoms with Crippen molar-refractivity contribution >= 4 is 0 Å². The summed E-state index contributed by atoms with van der Waals surface area (Å²) in [5.41, 5.74) is 0.995. The summed E-state index contributed by atoms with van der Waals surface area (Å²) >= 11 is 0. The second-order valence-electron chi connectivity index (χ2n) is 3.68. The number of aryl methyl sites for hydroxylation is 1. The van der Waals surface area contributed by atoms with Gasteiger partial charge in [-0.05, 0) is 12.5 Å². The molecule has 0 saturated carbocycles. The first-order chi connectivity index (χ1) is 7.66. The van der Waals surface area contributed by atoms with E-state index in [4.69, 9.17) is 0 Å². The molecule has 0 fully saturated rings. The van der Waals surface area contributed by atoms with Gasteiger partial charge in [0.05, 0.1) is 6.54 Å². The van der Waals surface area contributed by atoms with Gasteiger partial charge in [0.25, 0.3) is 11.1 Å². The molecule has 0 radical (unpaired) electrons. The van der Waals surface area contributed by atoms with E-state index in [2.05, 4.69) is 5.10 Å². The number of benzene rings is 1. The van der Waals surface area contributed by atoms with Gasteiger partial charge in [0, 0.05) is 11.6 Å². The molecule has 0 bridgehead atoms. The molecule has 1 N–H and O–H groups in total. The van der Waals surface area contributed by atoms with Gasteiger partial charge in [0.1, 0.15) is 0 Å². The van der Waals surface area contributed by atoms with Gasteiger partial charge in [0.15, 0.2) is 0 Å². The molecule has 4 heteroatoms. The Morgan fingerprint density at radius 1 is 1.19 bits per heavy atom. The molecule has 0 atom stereocenters. The molecule has 1 aromatic heterocycles. The predicted molar refractivity (Wildman–Crippen MR) is 61.6 cm³/mol. The van der Waals surface area contributed by atoms with Crippen molar-refractivity contribution in [2.75, 3.05) is 0 Å². The quantitative estimate of drug-likeness (QED) is 0.810. The Kier molecular flexibility index (Phi) is 2.72. The highest BCUT2D eigenvalue weighted by molar-refractivity contribution is 5.15. The van der Waals surface area contributed by atoms with Gasteiger partial charge in [-0.15, -0.1) is 0 Å². The third-order valence-corrected chi connectivity index (χ3v) is 2.38. The zero-order valence-electron chi connectivity index (χ0n) is 8.93. The van der Waals surface area contributed by atoms with Crippen LogP contribution in [0.3, 0.4) is 0 Å². The summed E-state index contributed by atoms with van der Waals surface area (Å²) < 4.78 is 1.31. The molecule has 1 aromatic carbocycles. The summed E-state index contributed by atoms with van der Waals surface area (Å²) in [6.45, 7) is 2.00. The molecule has 0 spiro atoms. The summed E-state index contributed by atoms with van der Waals surface area (Å²) in [7, 11) is 0. The van der Waals surface area contributed by atoms with E-state index < -0.39 is 0 Å². The number of nitrogens with zero attached hydrogens (tertiary/aromatic N) is 1. The maximum absolute atomic E-state index is 11.6. The number of hydrogen-bond donors (Lipinski definition) is 1. The van der Waals surface area contributed by atoms with Crippen molar-refractivity contribution < 1.29 is 0 Å². The maximum atomic E-state index is 11.6. The number of H-pyrrole nitrogens is 1. The number of rotatable bonds is 2. The highest BCUT2D eigenvalue weighted by Crippen LogP contribution is 1.98. The maximum Gasteiger partial charge on any atom is 0.265 e. The summed E-state index contributed by atoms with van der Waals surface area (Å²) in [6, 6.07) is 10.9. The lowest BCUT2D eigenvalue weighted by atomic mass is 10.2. The highest BCUT2D eigenvalue weighted by Gasteiger charge is 2.00. The monoisotopic (exact) mass is 216 g/mol. The molecule has 0 aliphatic rings. The summed E-state index contributed by atoms with van der Waals surface area (Å²) in [4.78, 5) is 23.0. The molecule has 0 aliphatic heterocycles. The van der Waals surface area contributed by atoms with Gasteiger partial charge in [0.2, 0.25) is 0 Å². The molecule has 0 amide bonds. The Labute approximate surface area is 92.2 Å². The van der Waals surface area contributed by atoms with E-state index >= 15 is 0 Å². The van der Waals surface area contributed by atoms with E-state index in [0.717, 1.165) is 5.56 Å². The third-order valence-electron chi connectivity index (χ3n) is 2.38. The minimum atomic E-state index is -0.226. The lowest BCUT2D eigenvalue weighted by Crippen LogP contribution is -2.30. The zero-order chi connectivity index (χ0) is 11.5. The van der Waals surface area contributed by atoms with E-state index in [-0.39, 0.29) is 11.1 Å². The van der Waals surface area contributed by atoms with E-state index in [9.17, 15) is 9.59 Å². The van der Waals surface area contributed by atoms with Crippen LogP contribution in [0, 0.1) is 6.92 Å². The molecule has 2 rings (SSSR count). The van der Waals surface area contributed by atoms with Gasteiger partial charge in [-0.25, -0.2) is 4.68 Å².